The second-order valence-corrected chi connectivity index (χ2v) is 3.86. The average Bonchev–Trinajstić information content (AvgIpc) is 2.44. The molecule has 0 saturated heterocycles. The van der Waals surface area contributed by atoms with E-state index < -0.39 is 5.97 Å². The number of hydrogen-bond acceptors (Lipinski definition) is 4. The second kappa shape index (κ2) is 7.78. The van der Waals surface area contributed by atoms with E-state index in [2.05, 4.69) is 18.4 Å². The molecular weight excluding hydrogens is 256 g/mol. The Bertz CT molecular complexity index is 524. The molecule has 20 heavy (non-hydrogen) atoms. The van der Waals surface area contributed by atoms with Gasteiger partial charge in [0.2, 0.25) is 0 Å². The molecule has 5 nitrogen and oxygen atoms in total. The van der Waals surface area contributed by atoms with Crippen LogP contribution >= 0.6 is 0 Å². The van der Waals surface area contributed by atoms with E-state index in [1.54, 1.807) is 37.3 Å². The number of ether oxygens (including phenoxy) is 1. The fourth-order valence-electron chi connectivity index (χ4n) is 1.60. The van der Waals surface area contributed by atoms with Crippen molar-refractivity contribution < 1.29 is 14.6 Å². The lowest BCUT2D eigenvalue weighted by Crippen LogP contribution is -2.21. The predicted molar refractivity (Wildman–Crippen MR) is 80.2 cm³/mol. The third-order valence-electron chi connectivity index (χ3n) is 2.52. The minimum absolute atomic E-state index is 0.0308. The Morgan fingerprint density at radius 2 is 2.30 bits per heavy atom. The van der Waals surface area contributed by atoms with E-state index >= 15 is 0 Å². The minimum atomic E-state index is -1.07. The van der Waals surface area contributed by atoms with Gasteiger partial charge >= 0.3 is 5.97 Å². The summed E-state index contributed by atoms with van der Waals surface area (Å²) in [4.78, 5) is 11.2. The molecule has 0 spiro atoms. The maximum Gasteiger partial charge on any atom is 0.354 e. The van der Waals surface area contributed by atoms with E-state index in [-0.39, 0.29) is 5.70 Å². The minimum Gasteiger partial charge on any atom is -0.493 e. The Morgan fingerprint density at radius 3 is 2.85 bits per heavy atom. The molecule has 1 aromatic rings. The second-order valence-electron chi connectivity index (χ2n) is 3.86. The molecule has 0 unspecified atom stereocenters. The van der Waals surface area contributed by atoms with Crippen molar-refractivity contribution in [2.75, 3.05) is 11.6 Å². The molecule has 0 bridgehead atoms. The monoisotopic (exact) mass is 274 g/mol. The SMILES string of the molecule is C=CCCOc1cccc(N(N=C)/C(=C\C)C(=O)O)c1. The highest BCUT2D eigenvalue weighted by Crippen LogP contribution is 2.24. The smallest absolute Gasteiger partial charge is 0.354 e. The summed E-state index contributed by atoms with van der Waals surface area (Å²) in [6, 6.07) is 7.02. The zero-order valence-corrected chi connectivity index (χ0v) is 11.5. The molecule has 1 aromatic carbocycles. The molecule has 5 heteroatoms. The number of allylic oxidation sites excluding steroid dienone is 1. The summed E-state index contributed by atoms with van der Waals surface area (Å²) in [5.74, 6) is -0.434. The van der Waals surface area contributed by atoms with Crippen LogP contribution in [-0.2, 0) is 4.79 Å². The van der Waals surface area contributed by atoms with Gasteiger partial charge in [0.1, 0.15) is 11.4 Å². The number of anilines is 1. The van der Waals surface area contributed by atoms with Gasteiger partial charge in [-0.3, -0.25) is 0 Å². The van der Waals surface area contributed by atoms with Crippen molar-refractivity contribution in [3.8, 4) is 5.75 Å². The van der Waals surface area contributed by atoms with Crippen molar-refractivity contribution in [3.63, 3.8) is 0 Å². The van der Waals surface area contributed by atoms with E-state index in [9.17, 15) is 4.79 Å². The summed E-state index contributed by atoms with van der Waals surface area (Å²) in [6.07, 6.45) is 3.97. The Labute approximate surface area is 118 Å². The van der Waals surface area contributed by atoms with Crippen LogP contribution in [0.5, 0.6) is 5.75 Å². The normalized spacial score (nSPS) is 10.8. The Morgan fingerprint density at radius 1 is 1.55 bits per heavy atom. The number of benzene rings is 1. The van der Waals surface area contributed by atoms with Gasteiger partial charge in [0.05, 0.1) is 12.3 Å². The molecule has 0 aromatic heterocycles. The van der Waals surface area contributed by atoms with Crippen molar-refractivity contribution in [1.82, 2.24) is 0 Å². The summed E-state index contributed by atoms with van der Waals surface area (Å²) in [5.41, 5.74) is 0.606. The van der Waals surface area contributed by atoms with Crippen molar-refractivity contribution in [1.29, 1.82) is 0 Å². The molecule has 1 N–H and O–H groups in total. The number of carboxylic acid groups (broad SMARTS) is 1. The topological polar surface area (TPSA) is 62.1 Å². The van der Waals surface area contributed by atoms with Gasteiger partial charge in [0.25, 0.3) is 0 Å². The first-order valence-electron chi connectivity index (χ1n) is 6.14. The van der Waals surface area contributed by atoms with E-state index in [0.717, 1.165) is 6.42 Å². The molecule has 106 valence electrons. The van der Waals surface area contributed by atoms with Crippen LogP contribution in [0.25, 0.3) is 0 Å². The number of nitrogens with zero attached hydrogens (tertiary/aromatic N) is 2. The molecule has 0 saturated carbocycles. The van der Waals surface area contributed by atoms with E-state index in [1.165, 1.54) is 11.1 Å². The van der Waals surface area contributed by atoms with Gasteiger partial charge in [-0.25, -0.2) is 9.80 Å². The third kappa shape index (κ3) is 3.98. The molecule has 0 heterocycles. The lowest BCUT2D eigenvalue weighted by Gasteiger charge is -2.19. The van der Waals surface area contributed by atoms with E-state index in [0.29, 0.717) is 18.0 Å². The van der Waals surface area contributed by atoms with Gasteiger partial charge in [0, 0.05) is 12.8 Å². The van der Waals surface area contributed by atoms with Crippen LogP contribution in [0.2, 0.25) is 0 Å². The van der Waals surface area contributed by atoms with Crippen LogP contribution in [-0.4, -0.2) is 24.4 Å². The van der Waals surface area contributed by atoms with Crippen LogP contribution in [0.1, 0.15) is 13.3 Å². The highest BCUT2D eigenvalue weighted by molar-refractivity contribution is 5.91. The van der Waals surface area contributed by atoms with Crippen molar-refractivity contribution in [3.05, 3.63) is 48.7 Å². The number of hydrazone groups is 1. The van der Waals surface area contributed by atoms with Gasteiger partial charge in [-0.15, -0.1) is 6.58 Å². The Balaban J connectivity index is 2.98. The summed E-state index contributed by atoms with van der Waals surface area (Å²) in [6.45, 7) is 9.18. The van der Waals surface area contributed by atoms with Crippen LogP contribution in [0.3, 0.4) is 0 Å². The molecule has 0 aliphatic carbocycles. The first-order valence-corrected chi connectivity index (χ1v) is 6.14. The molecule has 0 amide bonds. The zero-order chi connectivity index (χ0) is 15.0. The largest absolute Gasteiger partial charge is 0.493 e. The number of hydrogen-bond donors (Lipinski definition) is 1. The average molecular weight is 274 g/mol. The lowest BCUT2D eigenvalue weighted by atomic mass is 10.2. The summed E-state index contributed by atoms with van der Waals surface area (Å²) in [5, 5.41) is 14.1. The number of carbonyl (C=O) groups is 1. The Kier molecular flexibility index (Phi) is 6.03. The van der Waals surface area contributed by atoms with Gasteiger partial charge in [-0.2, -0.15) is 5.10 Å². The molecule has 0 aliphatic heterocycles. The van der Waals surface area contributed by atoms with Crippen LogP contribution in [0.4, 0.5) is 5.69 Å². The molecule has 0 atom stereocenters. The van der Waals surface area contributed by atoms with Gasteiger partial charge in [0.15, 0.2) is 0 Å². The van der Waals surface area contributed by atoms with Crippen molar-refractivity contribution in [2.45, 2.75) is 13.3 Å². The quantitative estimate of drug-likeness (QED) is 0.260. The summed E-state index contributed by atoms with van der Waals surface area (Å²) in [7, 11) is 0. The standard InChI is InChI=1S/C15H18N2O3/c1-4-6-10-20-13-9-7-8-12(11-13)17(16-3)14(5-2)15(18)19/h4-5,7-9,11H,1,3,6,10H2,2H3,(H,18,19)/b14-5-. The molecular formula is C15H18N2O3. The van der Waals surface area contributed by atoms with E-state index in [1.807, 2.05) is 0 Å². The highest BCUT2D eigenvalue weighted by Gasteiger charge is 2.16. The lowest BCUT2D eigenvalue weighted by molar-refractivity contribution is -0.132. The van der Waals surface area contributed by atoms with Crippen molar-refractivity contribution >= 4 is 18.4 Å². The van der Waals surface area contributed by atoms with Crippen LogP contribution in [0.15, 0.2) is 53.8 Å². The van der Waals surface area contributed by atoms with Gasteiger partial charge in [-0.1, -0.05) is 18.2 Å². The Hall–Kier alpha value is -2.56. The first-order chi connectivity index (χ1) is 9.63. The third-order valence-corrected chi connectivity index (χ3v) is 2.52. The summed E-state index contributed by atoms with van der Waals surface area (Å²) >= 11 is 0. The summed E-state index contributed by atoms with van der Waals surface area (Å²) < 4.78 is 5.53. The fraction of sp³-hybridized carbons (Fsp3) is 0.200. The predicted octanol–water partition coefficient (Wildman–Crippen LogP) is 3.05. The van der Waals surface area contributed by atoms with E-state index in [4.69, 9.17) is 9.84 Å². The molecule has 0 aliphatic rings. The number of carboxylic acids is 1. The number of rotatable bonds is 8. The number of aliphatic carboxylic acids is 1. The van der Waals surface area contributed by atoms with Crippen LogP contribution < -0.4 is 9.75 Å². The first kappa shape index (κ1) is 15.5. The maximum atomic E-state index is 11.2. The van der Waals surface area contributed by atoms with Gasteiger partial charge < -0.3 is 9.84 Å². The fourth-order valence-corrected chi connectivity index (χ4v) is 1.60. The molecule has 1 rings (SSSR count). The maximum absolute atomic E-state index is 11.2. The molecule has 0 fully saturated rings. The van der Waals surface area contributed by atoms with Gasteiger partial charge in [-0.05, 0) is 25.5 Å². The van der Waals surface area contributed by atoms with Crippen molar-refractivity contribution in [2.24, 2.45) is 5.10 Å². The van der Waals surface area contributed by atoms with Crippen LogP contribution in [0, 0.1) is 0 Å². The molecule has 0 radical (unpaired) electrons. The zero-order valence-electron chi connectivity index (χ0n) is 11.5. The highest BCUT2D eigenvalue weighted by atomic mass is 16.5.